The number of anilines is 1. The van der Waals surface area contributed by atoms with Crippen LogP contribution in [0.1, 0.15) is 24.2 Å². The van der Waals surface area contributed by atoms with Crippen LogP contribution in [0.2, 0.25) is 0 Å². The number of carbonyl (C=O) groups excluding carboxylic acids is 2. The molecule has 0 bridgehead atoms. The Bertz CT molecular complexity index is 625. The van der Waals surface area contributed by atoms with Crippen molar-refractivity contribution >= 4 is 17.4 Å². The van der Waals surface area contributed by atoms with Crippen molar-refractivity contribution in [2.75, 3.05) is 37.6 Å². The monoisotopic (exact) mass is 333 g/mol. The number of benzene rings is 1. The number of hydrogen-bond acceptors (Lipinski definition) is 4. The molecule has 0 radical (unpaired) electrons. The lowest BCUT2D eigenvalue weighted by Gasteiger charge is -2.38. The van der Waals surface area contributed by atoms with Crippen molar-refractivity contribution in [1.82, 2.24) is 10.2 Å². The van der Waals surface area contributed by atoms with Crippen LogP contribution in [0.5, 0.6) is 0 Å². The summed E-state index contributed by atoms with van der Waals surface area (Å²) < 4.78 is 14.2. The maximum Gasteiger partial charge on any atom is 0.237 e. The predicted octanol–water partition coefficient (Wildman–Crippen LogP) is 1.84. The molecule has 0 aliphatic carbocycles. The number of carbonyl (C=O) groups is 2. The fourth-order valence-electron chi connectivity index (χ4n) is 2.82. The Kier molecular flexibility index (Phi) is 6.09. The molecule has 0 saturated carbocycles. The van der Waals surface area contributed by atoms with E-state index in [0.717, 1.165) is 0 Å². The molecule has 1 amide bonds. The highest BCUT2D eigenvalue weighted by Crippen LogP contribution is 2.22. The second-order valence-corrected chi connectivity index (χ2v) is 5.96. The van der Waals surface area contributed by atoms with Gasteiger partial charge in [-0.2, -0.15) is 0 Å². The molecule has 24 heavy (non-hydrogen) atoms. The van der Waals surface area contributed by atoms with E-state index < -0.39 is 0 Å². The molecule has 1 aliphatic heterocycles. The lowest BCUT2D eigenvalue weighted by Crippen LogP contribution is -2.54. The molecular weight excluding hydrogens is 309 g/mol. The summed E-state index contributed by atoms with van der Waals surface area (Å²) in [5.74, 6) is -0.558. The number of Topliss-reactive ketones (excluding diaryl/α,β-unsaturated/α-hetero) is 1. The van der Waals surface area contributed by atoms with Crippen LogP contribution in [0, 0.1) is 5.82 Å². The summed E-state index contributed by atoms with van der Waals surface area (Å²) in [6.07, 6.45) is 1.65. The largest absolute Gasteiger partial charge is 0.367 e. The van der Waals surface area contributed by atoms with E-state index >= 15 is 0 Å². The van der Waals surface area contributed by atoms with Crippen molar-refractivity contribution in [1.29, 1.82) is 0 Å². The zero-order chi connectivity index (χ0) is 17.7. The normalized spacial score (nSPS) is 16.5. The Morgan fingerprint density at radius 2 is 2.00 bits per heavy atom. The van der Waals surface area contributed by atoms with E-state index in [9.17, 15) is 14.0 Å². The van der Waals surface area contributed by atoms with Crippen molar-refractivity contribution in [2.45, 2.75) is 19.9 Å². The SMILES string of the molecule is C=CCNC(=O)C(C)N1CCN(c2ccc(C(C)=O)cc2F)CC1. The standard InChI is InChI=1S/C18H24FN3O2/c1-4-7-20-18(24)13(2)21-8-10-22(11-9-21)17-6-5-15(14(3)23)12-16(17)19/h4-6,12-13H,1,7-11H2,2-3H3,(H,20,24). The average molecular weight is 333 g/mol. The number of amides is 1. The summed E-state index contributed by atoms with van der Waals surface area (Å²) >= 11 is 0. The summed E-state index contributed by atoms with van der Waals surface area (Å²) in [7, 11) is 0. The van der Waals surface area contributed by atoms with Crippen LogP contribution >= 0.6 is 0 Å². The number of ketones is 1. The summed E-state index contributed by atoms with van der Waals surface area (Å²) in [6.45, 7) is 9.95. The maximum absolute atomic E-state index is 14.2. The Balaban J connectivity index is 1.96. The average Bonchev–Trinajstić information content (AvgIpc) is 2.59. The topological polar surface area (TPSA) is 52.7 Å². The molecule has 1 heterocycles. The van der Waals surface area contributed by atoms with Gasteiger partial charge in [0.05, 0.1) is 11.7 Å². The van der Waals surface area contributed by atoms with E-state index in [-0.39, 0.29) is 23.5 Å². The first-order valence-electron chi connectivity index (χ1n) is 8.12. The summed E-state index contributed by atoms with van der Waals surface area (Å²) in [5, 5.41) is 2.79. The van der Waals surface area contributed by atoms with Gasteiger partial charge in [0, 0.05) is 38.3 Å². The van der Waals surface area contributed by atoms with Crippen LogP contribution < -0.4 is 10.2 Å². The van der Waals surface area contributed by atoms with Gasteiger partial charge < -0.3 is 10.2 Å². The van der Waals surface area contributed by atoms with E-state index in [1.807, 2.05) is 11.8 Å². The minimum absolute atomic E-state index is 0.0275. The van der Waals surface area contributed by atoms with Crippen LogP contribution in [0.25, 0.3) is 0 Å². The lowest BCUT2D eigenvalue weighted by atomic mass is 10.1. The Hall–Kier alpha value is -2.21. The smallest absolute Gasteiger partial charge is 0.237 e. The summed E-state index contributed by atoms with van der Waals surface area (Å²) in [6, 6.07) is 4.37. The third-order valence-corrected chi connectivity index (χ3v) is 4.36. The Labute approximate surface area is 142 Å². The first kappa shape index (κ1) is 18.1. The lowest BCUT2D eigenvalue weighted by molar-refractivity contribution is -0.125. The first-order valence-corrected chi connectivity index (χ1v) is 8.12. The highest BCUT2D eigenvalue weighted by molar-refractivity contribution is 5.94. The molecule has 1 saturated heterocycles. The number of nitrogens with one attached hydrogen (secondary N) is 1. The third-order valence-electron chi connectivity index (χ3n) is 4.36. The van der Waals surface area contributed by atoms with Gasteiger partial charge >= 0.3 is 0 Å². The highest BCUT2D eigenvalue weighted by atomic mass is 19.1. The molecule has 1 N–H and O–H groups in total. The minimum atomic E-state index is -0.382. The molecule has 1 unspecified atom stereocenters. The molecule has 0 aromatic heterocycles. The molecule has 130 valence electrons. The molecule has 1 aromatic rings. The third kappa shape index (κ3) is 4.20. The van der Waals surface area contributed by atoms with E-state index in [4.69, 9.17) is 0 Å². The molecule has 1 aliphatic rings. The van der Waals surface area contributed by atoms with Crippen LogP contribution in [0.15, 0.2) is 30.9 Å². The molecule has 1 fully saturated rings. The summed E-state index contributed by atoms with van der Waals surface area (Å²) in [4.78, 5) is 27.3. The van der Waals surface area contributed by atoms with Crippen LogP contribution in [-0.2, 0) is 4.79 Å². The summed E-state index contributed by atoms with van der Waals surface area (Å²) in [5.41, 5.74) is 0.880. The number of piperazine rings is 1. The second kappa shape index (κ2) is 8.06. The molecular formula is C18H24FN3O2. The number of halogens is 1. The fraction of sp³-hybridized carbons (Fsp3) is 0.444. The maximum atomic E-state index is 14.2. The minimum Gasteiger partial charge on any atom is -0.367 e. The van der Waals surface area contributed by atoms with E-state index in [1.165, 1.54) is 13.0 Å². The van der Waals surface area contributed by atoms with Crippen molar-refractivity contribution in [2.24, 2.45) is 0 Å². The van der Waals surface area contributed by atoms with E-state index in [1.54, 1.807) is 18.2 Å². The fourth-order valence-corrected chi connectivity index (χ4v) is 2.82. The van der Waals surface area contributed by atoms with Gasteiger partial charge in [-0.15, -0.1) is 6.58 Å². The van der Waals surface area contributed by atoms with Gasteiger partial charge in [-0.3, -0.25) is 14.5 Å². The van der Waals surface area contributed by atoms with E-state index in [0.29, 0.717) is 44.0 Å². The molecule has 0 spiro atoms. The molecule has 1 atom stereocenters. The number of nitrogens with zero attached hydrogens (tertiary/aromatic N) is 2. The molecule has 2 rings (SSSR count). The van der Waals surface area contributed by atoms with Crippen molar-refractivity contribution < 1.29 is 14.0 Å². The number of hydrogen-bond donors (Lipinski definition) is 1. The van der Waals surface area contributed by atoms with Crippen LogP contribution in [0.3, 0.4) is 0 Å². The molecule has 5 nitrogen and oxygen atoms in total. The van der Waals surface area contributed by atoms with Gasteiger partial charge in [0.25, 0.3) is 0 Å². The number of rotatable bonds is 6. The van der Waals surface area contributed by atoms with Crippen molar-refractivity contribution in [3.63, 3.8) is 0 Å². The highest BCUT2D eigenvalue weighted by Gasteiger charge is 2.26. The first-order chi connectivity index (χ1) is 11.4. The van der Waals surface area contributed by atoms with Crippen molar-refractivity contribution in [3.05, 3.63) is 42.2 Å². The van der Waals surface area contributed by atoms with Crippen LogP contribution in [-0.4, -0.2) is 55.4 Å². The van der Waals surface area contributed by atoms with Gasteiger partial charge in [0.15, 0.2) is 5.78 Å². The zero-order valence-electron chi connectivity index (χ0n) is 14.2. The van der Waals surface area contributed by atoms with Gasteiger partial charge in [-0.1, -0.05) is 6.08 Å². The van der Waals surface area contributed by atoms with Crippen molar-refractivity contribution in [3.8, 4) is 0 Å². The quantitative estimate of drug-likeness (QED) is 0.638. The van der Waals surface area contributed by atoms with Gasteiger partial charge in [0.2, 0.25) is 5.91 Å². The van der Waals surface area contributed by atoms with Crippen LogP contribution in [0.4, 0.5) is 10.1 Å². The van der Waals surface area contributed by atoms with Gasteiger partial charge in [0.1, 0.15) is 5.82 Å². The second-order valence-electron chi connectivity index (χ2n) is 5.96. The Morgan fingerprint density at radius 3 is 2.54 bits per heavy atom. The van der Waals surface area contributed by atoms with Gasteiger partial charge in [-0.25, -0.2) is 4.39 Å². The Morgan fingerprint density at radius 1 is 1.33 bits per heavy atom. The zero-order valence-corrected chi connectivity index (χ0v) is 14.2. The van der Waals surface area contributed by atoms with Gasteiger partial charge in [-0.05, 0) is 32.0 Å². The molecule has 6 heteroatoms. The predicted molar refractivity (Wildman–Crippen MR) is 92.9 cm³/mol. The van der Waals surface area contributed by atoms with E-state index in [2.05, 4.69) is 16.8 Å². The molecule has 1 aromatic carbocycles.